The molecule has 0 aliphatic carbocycles. The molecule has 31 heavy (non-hydrogen) atoms. The van der Waals surface area contributed by atoms with Crippen molar-refractivity contribution in [2.45, 2.75) is 45.0 Å². The zero-order valence-corrected chi connectivity index (χ0v) is 20.8. The predicted molar refractivity (Wildman–Crippen MR) is 132 cm³/mol. The summed E-state index contributed by atoms with van der Waals surface area (Å²) in [5.74, 6) is 0.439. The van der Waals surface area contributed by atoms with Crippen LogP contribution in [0.25, 0.3) is 0 Å². The summed E-state index contributed by atoms with van der Waals surface area (Å²) >= 11 is 19.8. The van der Waals surface area contributed by atoms with E-state index in [9.17, 15) is 9.59 Å². The van der Waals surface area contributed by atoms with Crippen molar-refractivity contribution in [1.82, 2.24) is 10.2 Å². The largest absolute Gasteiger partial charge is 0.354 e. The Hall–Kier alpha value is -1.40. The van der Waals surface area contributed by atoms with Crippen LogP contribution in [0, 0.1) is 0 Å². The molecule has 0 heterocycles. The summed E-state index contributed by atoms with van der Waals surface area (Å²) < 4.78 is 0. The molecule has 0 bridgehead atoms. The van der Waals surface area contributed by atoms with Crippen molar-refractivity contribution in [3.63, 3.8) is 0 Å². The highest BCUT2D eigenvalue weighted by Crippen LogP contribution is 2.28. The van der Waals surface area contributed by atoms with Gasteiger partial charge in [-0.15, -0.1) is 11.8 Å². The minimum Gasteiger partial charge on any atom is -0.354 e. The van der Waals surface area contributed by atoms with Crippen molar-refractivity contribution in [2.75, 3.05) is 12.3 Å². The number of hydrogen-bond donors (Lipinski definition) is 1. The van der Waals surface area contributed by atoms with Crippen LogP contribution in [0.5, 0.6) is 0 Å². The molecular formula is C23H27Cl3N2O2S. The standard InChI is InChI=1S/C23H27Cl3N2O2S/c1-3-4-12-27-23(30)16(2)28(13-17-8-10-18(24)11-9-17)22(29)15-31-14-19-20(25)6-5-7-21(19)26/h5-11,16H,3-4,12-15H2,1-2H3,(H,27,30)/t16-/m1/s1. The lowest BCUT2D eigenvalue weighted by molar-refractivity contribution is -0.138. The van der Waals surface area contributed by atoms with Gasteiger partial charge in [-0.25, -0.2) is 0 Å². The van der Waals surface area contributed by atoms with Crippen molar-refractivity contribution >= 4 is 58.4 Å². The van der Waals surface area contributed by atoms with E-state index in [2.05, 4.69) is 12.2 Å². The molecule has 0 saturated carbocycles. The van der Waals surface area contributed by atoms with Gasteiger partial charge in [0.25, 0.3) is 0 Å². The Kier molecular flexibility index (Phi) is 11.0. The average Bonchev–Trinajstić information content (AvgIpc) is 2.75. The van der Waals surface area contributed by atoms with E-state index in [0.717, 1.165) is 24.0 Å². The van der Waals surface area contributed by atoms with Gasteiger partial charge in [-0.1, -0.05) is 66.3 Å². The molecule has 0 aliphatic heterocycles. The highest BCUT2D eigenvalue weighted by atomic mass is 35.5. The molecule has 2 aromatic rings. The highest BCUT2D eigenvalue weighted by Gasteiger charge is 2.26. The molecule has 0 saturated heterocycles. The van der Waals surface area contributed by atoms with Gasteiger partial charge in [-0.05, 0) is 48.7 Å². The molecule has 8 heteroatoms. The molecule has 4 nitrogen and oxygen atoms in total. The van der Waals surface area contributed by atoms with Crippen LogP contribution in [-0.2, 0) is 21.9 Å². The summed E-state index contributed by atoms with van der Waals surface area (Å²) in [4.78, 5) is 27.3. The van der Waals surface area contributed by atoms with Crippen molar-refractivity contribution in [1.29, 1.82) is 0 Å². The van der Waals surface area contributed by atoms with Crippen molar-refractivity contribution < 1.29 is 9.59 Å². The van der Waals surface area contributed by atoms with Crippen molar-refractivity contribution in [3.8, 4) is 0 Å². The van der Waals surface area contributed by atoms with Gasteiger partial charge in [0.2, 0.25) is 11.8 Å². The first-order chi connectivity index (χ1) is 14.8. The number of nitrogens with zero attached hydrogens (tertiary/aromatic N) is 1. The normalized spacial score (nSPS) is 11.8. The van der Waals surface area contributed by atoms with Gasteiger partial charge in [-0.3, -0.25) is 9.59 Å². The molecular weight excluding hydrogens is 475 g/mol. The van der Waals surface area contributed by atoms with Crippen LogP contribution in [-0.4, -0.2) is 35.1 Å². The molecule has 0 spiro atoms. The third kappa shape index (κ3) is 8.23. The smallest absolute Gasteiger partial charge is 0.242 e. The summed E-state index contributed by atoms with van der Waals surface area (Å²) in [7, 11) is 0. The highest BCUT2D eigenvalue weighted by molar-refractivity contribution is 7.99. The molecule has 2 amide bonds. The Morgan fingerprint density at radius 3 is 2.32 bits per heavy atom. The second-order valence-electron chi connectivity index (χ2n) is 7.16. The third-order valence-electron chi connectivity index (χ3n) is 4.80. The van der Waals surface area contributed by atoms with E-state index < -0.39 is 6.04 Å². The summed E-state index contributed by atoms with van der Waals surface area (Å²) in [6, 6.07) is 12.0. The quantitative estimate of drug-likeness (QED) is 0.372. The Bertz CT molecular complexity index is 857. The number of thioether (sulfide) groups is 1. The third-order valence-corrected chi connectivity index (χ3v) is 6.70. The lowest BCUT2D eigenvalue weighted by Crippen LogP contribution is -2.48. The summed E-state index contributed by atoms with van der Waals surface area (Å²) in [6.07, 6.45) is 1.89. The van der Waals surface area contributed by atoms with Gasteiger partial charge in [0.05, 0.1) is 5.75 Å². The minimum atomic E-state index is -0.593. The van der Waals surface area contributed by atoms with E-state index >= 15 is 0 Å². The van der Waals surface area contributed by atoms with Gasteiger partial charge in [0, 0.05) is 33.9 Å². The number of amides is 2. The number of carbonyl (C=O) groups is 2. The number of unbranched alkanes of at least 4 members (excludes halogenated alkanes) is 1. The molecule has 1 atom stereocenters. The zero-order chi connectivity index (χ0) is 22.8. The topological polar surface area (TPSA) is 49.4 Å². The molecule has 1 N–H and O–H groups in total. The van der Waals surface area contributed by atoms with Gasteiger partial charge in [0.15, 0.2) is 0 Å². The monoisotopic (exact) mass is 500 g/mol. The second-order valence-corrected chi connectivity index (χ2v) is 9.40. The van der Waals surface area contributed by atoms with E-state index in [1.54, 1.807) is 42.2 Å². The van der Waals surface area contributed by atoms with Crippen LogP contribution in [0.3, 0.4) is 0 Å². The Labute approximate surface area is 203 Å². The van der Waals surface area contributed by atoms with Crippen LogP contribution in [0.15, 0.2) is 42.5 Å². The van der Waals surface area contributed by atoms with Crippen LogP contribution in [0.2, 0.25) is 15.1 Å². The van der Waals surface area contributed by atoms with E-state index in [0.29, 0.717) is 33.9 Å². The van der Waals surface area contributed by atoms with E-state index in [1.165, 1.54) is 11.8 Å². The van der Waals surface area contributed by atoms with Crippen molar-refractivity contribution in [2.24, 2.45) is 0 Å². The van der Waals surface area contributed by atoms with Crippen molar-refractivity contribution in [3.05, 3.63) is 68.7 Å². The van der Waals surface area contributed by atoms with E-state index in [-0.39, 0.29) is 17.6 Å². The predicted octanol–water partition coefficient (Wildman–Crippen LogP) is 6.21. The Balaban J connectivity index is 2.07. The van der Waals surface area contributed by atoms with Crippen LogP contribution < -0.4 is 5.32 Å². The molecule has 0 unspecified atom stereocenters. The fourth-order valence-electron chi connectivity index (χ4n) is 2.90. The number of hydrogen-bond acceptors (Lipinski definition) is 3. The van der Waals surface area contributed by atoms with Gasteiger partial charge >= 0.3 is 0 Å². The molecule has 0 aliphatic rings. The van der Waals surface area contributed by atoms with Gasteiger partial charge < -0.3 is 10.2 Å². The van der Waals surface area contributed by atoms with E-state index in [1.807, 2.05) is 12.1 Å². The fourth-order valence-corrected chi connectivity index (χ4v) is 4.67. The van der Waals surface area contributed by atoms with Crippen LogP contribution in [0.4, 0.5) is 0 Å². The maximum atomic E-state index is 13.1. The van der Waals surface area contributed by atoms with Gasteiger partial charge in [-0.2, -0.15) is 0 Å². The number of carbonyl (C=O) groups excluding carboxylic acids is 2. The maximum absolute atomic E-state index is 13.1. The number of rotatable bonds is 11. The lowest BCUT2D eigenvalue weighted by Gasteiger charge is -2.29. The van der Waals surface area contributed by atoms with E-state index in [4.69, 9.17) is 34.8 Å². The maximum Gasteiger partial charge on any atom is 0.242 e. The first-order valence-electron chi connectivity index (χ1n) is 10.2. The second kappa shape index (κ2) is 13.2. The van der Waals surface area contributed by atoms with Gasteiger partial charge in [0.1, 0.15) is 6.04 Å². The first kappa shape index (κ1) is 25.9. The Morgan fingerprint density at radius 2 is 1.71 bits per heavy atom. The molecule has 0 radical (unpaired) electrons. The molecule has 0 fully saturated rings. The molecule has 0 aromatic heterocycles. The molecule has 2 rings (SSSR count). The zero-order valence-electron chi connectivity index (χ0n) is 17.7. The number of nitrogens with one attached hydrogen (secondary N) is 1. The average molecular weight is 502 g/mol. The summed E-state index contributed by atoms with van der Waals surface area (Å²) in [6.45, 7) is 4.74. The lowest BCUT2D eigenvalue weighted by atomic mass is 10.1. The summed E-state index contributed by atoms with van der Waals surface area (Å²) in [5, 5.41) is 4.69. The molecule has 2 aromatic carbocycles. The fraction of sp³-hybridized carbons (Fsp3) is 0.391. The van der Waals surface area contributed by atoms with Crippen LogP contribution >= 0.6 is 46.6 Å². The summed E-state index contributed by atoms with van der Waals surface area (Å²) in [5.41, 5.74) is 1.71. The number of benzene rings is 2. The molecule has 168 valence electrons. The van der Waals surface area contributed by atoms with Crippen LogP contribution in [0.1, 0.15) is 37.8 Å². The Morgan fingerprint density at radius 1 is 1.06 bits per heavy atom. The number of halogens is 3. The SMILES string of the molecule is CCCCNC(=O)[C@@H](C)N(Cc1ccc(Cl)cc1)C(=O)CSCc1c(Cl)cccc1Cl. The first-order valence-corrected chi connectivity index (χ1v) is 12.4. The minimum absolute atomic E-state index is 0.124.